The Balaban J connectivity index is 3.43. The number of halogens is 5. The molecule has 0 spiro atoms. The van der Waals surface area contributed by atoms with Crippen molar-refractivity contribution in [3.8, 4) is 0 Å². The van der Waals surface area contributed by atoms with E-state index in [1.165, 1.54) is 0 Å². The van der Waals surface area contributed by atoms with Gasteiger partial charge in [-0.05, 0) is 12.1 Å². The zero-order valence-electron chi connectivity index (χ0n) is 6.72. The number of nitrogens with zero attached hydrogens (tertiary/aromatic N) is 1. The van der Waals surface area contributed by atoms with Crippen LogP contribution < -0.4 is 0 Å². The highest BCUT2D eigenvalue weighted by Crippen LogP contribution is 2.30. The van der Waals surface area contributed by atoms with Crippen molar-refractivity contribution >= 4 is 19.7 Å². The maximum Gasteiger partial charge on any atom is 0.436 e. The van der Waals surface area contributed by atoms with Gasteiger partial charge in [0.15, 0.2) is 16.5 Å². The molecule has 0 N–H and O–H groups in total. The SMILES string of the molecule is O=S(=O)(Cl)c1ccc(F)c(C(F)(F)F)n1. The second-order valence-corrected chi connectivity index (χ2v) is 4.93. The first-order chi connectivity index (χ1) is 6.62. The summed E-state index contributed by atoms with van der Waals surface area (Å²) in [6, 6.07) is 0.887. The Morgan fingerprint density at radius 1 is 1.27 bits per heavy atom. The Morgan fingerprint density at radius 3 is 2.20 bits per heavy atom. The number of alkyl halides is 3. The highest BCUT2D eigenvalue weighted by Gasteiger charge is 2.37. The van der Waals surface area contributed by atoms with E-state index in [2.05, 4.69) is 4.98 Å². The van der Waals surface area contributed by atoms with Gasteiger partial charge in [0, 0.05) is 10.7 Å². The highest BCUT2D eigenvalue weighted by atomic mass is 35.7. The highest BCUT2D eigenvalue weighted by molar-refractivity contribution is 8.13. The van der Waals surface area contributed by atoms with Crippen LogP contribution in [0.4, 0.5) is 17.6 Å². The first kappa shape index (κ1) is 12.2. The van der Waals surface area contributed by atoms with Crippen molar-refractivity contribution in [2.75, 3.05) is 0 Å². The van der Waals surface area contributed by atoms with Crippen LogP contribution in [0.5, 0.6) is 0 Å². The fraction of sp³-hybridized carbons (Fsp3) is 0.167. The van der Waals surface area contributed by atoms with E-state index in [9.17, 15) is 26.0 Å². The standard InChI is InChI=1S/C6H2ClF4NO2S/c7-15(13,14)4-2-1-3(8)5(12-4)6(9,10)11/h1-2H. The molecular weight excluding hydrogens is 262 g/mol. The zero-order chi connectivity index (χ0) is 11.9. The van der Waals surface area contributed by atoms with E-state index < -0.39 is 31.8 Å². The van der Waals surface area contributed by atoms with Gasteiger partial charge in [-0.2, -0.15) is 13.2 Å². The molecule has 0 fully saturated rings. The summed E-state index contributed by atoms with van der Waals surface area (Å²) in [7, 11) is 0.345. The molecule has 1 rings (SSSR count). The molecule has 15 heavy (non-hydrogen) atoms. The number of hydrogen-bond donors (Lipinski definition) is 0. The molecule has 0 radical (unpaired) electrons. The molecule has 0 unspecified atom stereocenters. The minimum atomic E-state index is -5.07. The lowest BCUT2D eigenvalue weighted by molar-refractivity contribution is -0.144. The molecule has 9 heteroatoms. The topological polar surface area (TPSA) is 47.0 Å². The van der Waals surface area contributed by atoms with Crippen LogP contribution in [0.2, 0.25) is 0 Å². The molecular formula is C6H2ClF4NO2S. The van der Waals surface area contributed by atoms with Crippen LogP contribution in [0.15, 0.2) is 17.2 Å². The van der Waals surface area contributed by atoms with Crippen LogP contribution >= 0.6 is 10.7 Å². The summed E-state index contributed by atoms with van der Waals surface area (Å²) in [5.74, 6) is -1.66. The van der Waals surface area contributed by atoms with Crippen molar-refractivity contribution in [3.05, 3.63) is 23.6 Å². The first-order valence-electron chi connectivity index (χ1n) is 3.31. The maximum absolute atomic E-state index is 12.6. The van der Waals surface area contributed by atoms with Gasteiger partial charge >= 0.3 is 6.18 Å². The Hall–Kier alpha value is -0.890. The largest absolute Gasteiger partial charge is 0.436 e. The summed E-state index contributed by atoms with van der Waals surface area (Å²) in [5.41, 5.74) is -1.91. The van der Waals surface area contributed by atoms with Gasteiger partial charge in [0.25, 0.3) is 9.05 Å². The lowest BCUT2D eigenvalue weighted by atomic mass is 10.3. The van der Waals surface area contributed by atoms with Gasteiger partial charge in [0.2, 0.25) is 0 Å². The Morgan fingerprint density at radius 2 is 1.80 bits per heavy atom. The quantitative estimate of drug-likeness (QED) is 0.576. The van der Waals surface area contributed by atoms with Gasteiger partial charge in [-0.3, -0.25) is 0 Å². The molecule has 1 aromatic heterocycles. The average molecular weight is 264 g/mol. The summed E-state index contributed by atoms with van der Waals surface area (Å²) < 4.78 is 70.1. The normalized spacial score (nSPS) is 12.9. The Kier molecular flexibility index (Phi) is 2.92. The van der Waals surface area contributed by atoms with Gasteiger partial charge in [0.05, 0.1) is 0 Å². The molecule has 84 valence electrons. The lowest BCUT2D eigenvalue weighted by Gasteiger charge is -2.07. The van der Waals surface area contributed by atoms with Gasteiger partial charge < -0.3 is 0 Å². The molecule has 3 nitrogen and oxygen atoms in total. The van der Waals surface area contributed by atoms with Crippen LogP contribution in [0, 0.1) is 5.82 Å². The molecule has 0 saturated carbocycles. The molecule has 0 saturated heterocycles. The molecule has 0 atom stereocenters. The van der Waals surface area contributed by atoms with Crippen LogP contribution in [-0.2, 0) is 15.2 Å². The predicted octanol–water partition coefficient (Wildman–Crippen LogP) is 2.17. The lowest BCUT2D eigenvalue weighted by Crippen LogP contribution is -2.13. The molecule has 1 heterocycles. The molecule has 1 aromatic rings. The minimum Gasteiger partial charge on any atom is -0.227 e. The van der Waals surface area contributed by atoms with Crippen LogP contribution in [0.1, 0.15) is 5.69 Å². The van der Waals surface area contributed by atoms with Crippen molar-refractivity contribution in [1.29, 1.82) is 0 Å². The summed E-state index contributed by atoms with van der Waals surface area (Å²) in [6.07, 6.45) is -5.07. The third kappa shape index (κ3) is 2.78. The second-order valence-electron chi connectivity index (χ2n) is 2.42. The molecule has 0 bridgehead atoms. The van der Waals surface area contributed by atoms with Crippen molar-refractivity contribution in [2.45, 2.75) is 11.2 Å². The summed E-state index contributed by atoms with van der Waals surface area (Å²) in [5, 5.41) is -1.04. The van der Waals surface area contributed by atoms with E-state index >= 15 is 0 Å². The van der Waals surface area contributed by atoms with E-state index in [1.807, 2.05) is 0 Å². The second kappa shape index (κ2) is 3.60. The molecule has 0 aliphatic rings. The molecule has 0 amide bonds. The monoisotopic (exact) mass is 263 g/mol. The van der Waals surface area contributed by atoms with Gasteiger partial charge in [0.1, 0.15) is 0 Å². The smallest absolute Gasteiger partial charge is 0.227 e. The van der Waals surface area contributed by atoms with Crippen LogP contribution in [0.25, 0.3) is 0 Å². The summed E-state index contributed by atoms with van der Waals surface area (Å²) >= 11 is 0. The van der Waals surface area contributed by atoms with E-state index in [4.69, 9.17) is 10.7 Å². The minimum absolute atomic E-state index is 0.338. The van der Waals surface area contributed by atoms with Gasteiger partial charge in [-0.15, -0.1) is 0 Å². The van der Waals surface area contributed by atoms with Crippen molar-refractivity contribution in [3.63, 3.8) is 0 Å². The average Bonchev–Trinajstić information content (AvgIpc) is 2.00. The third-order valence-electron chi connectivity index (χ3n) is 1.34. The molecule has 0 aliphatic carbocycles. The molecule has 0 aromatic carbocycles. The van der Waals surface area contributed by atoms with E-state index in [1.54, 1.807) is 0 Å². The fourth-order valence-corrected chi connectivity index (χ4v) is 1.45. The Bertz CT molecular complexity index is 484. The van der Waals surface area contributed by atoms with E-state index in [-0.39, 0.29) is 0 Å². The fourth-order valence-electron chi connectivity index (χ4n) is 0.759. The van der Waals surface area contributed by atoms with Crippen LogP contribution in [0.3, 0.4) is 0 Å². The van der Waals surface area contributed by atoms with Gasteiger partial charge in [-0.25, -0.2) is 17.8 Å². The first-order valence-corrected chi connectivity index (χ1v) is 5.61. The predicted molar refractivity (Wildman–Crippen MR) is 42.2 cm³/mol. The van der Waals surface area contributed by atoms with Gasteiger partial charge in [-0.1, -0.05) is 0 Å². The van der Waals surface area contributed by atoms with Crippen LogP contribution in [-0.4, -0.2) is 13.4 Å². The summed E-state index contributed by atoms with van der Waals surface area (Å²) in [4.78, 5) is 2.59. The Labute approximate surface area is 86.1 Å². The molecule has 0 aliphatic heterocycles. The summed E-state index contributed by atoms with van der Waals surface area (Å²) in [6.45, 7) is 0. The van der Waals surface area contributed by atoms with Crippen molar-refractivity contribution < 1.29 is 26.0 Å². The number of pyridine rings is 1. The third-order valence-corrected chi connectivity index (χ3v) is 2.54. The van der Waals surface area contributed by atoms with E-state index in [0.29, 0.717) is 12.1 Å². The zero-order valence-corrected chi connectivity index (χ0v) is 8.29. The number of hydrogen-bond acceptors (Lipinski definition) is 3. The number of aromatic nitrogens is 1. The van der Waals surface area contributed by atoms with Crippen molar-refractivity contribution in [2.24, 2.45) is 0 Å². The van der Waals surface area contributed by atoms with E-state index in [0.717, 1.165) is 0 Å². The number of rotatable bonds is 1. The maximum atomic E-state index is 12.6. The van der Waals surface area contributed by atoms with Crippen molar-refractivity contribution in [1.82, 2.24) is 4.98 Å².